The maximum absolute atomic E-state index is 12.4. The van der Waals surface area contributed by atoms with E-state index in [1.54, 1.807) is 12.1 Å². The highest BCUT2D eigenvalue weighted by Crippen LogP contribution is 2.22. The number of likely N-dealkylation sites (tertiary alicyclic amines) is 1. The normalized spacial score (nSPS) is 20.9. The SMILES string of the molecule is Cl.O=C(CC1CSCCN1)N1CCC(Oc2ccc([N+](=O)[O-])cc2)CC1. The molecule has 144 valence electrons. The Labute approximate surface area is 163 Å². The van der Waals surface area contributed by atoms with Crippen molar-refractivity contribution in [3.63, 3.8) is 0 Å². The molecular weight excluding hydrogens is 378 g/mol. The molecule has 2 fully saturated rings. The summed E-state index contributed by atoms with van der Waals surface area (Å²) in [6.45, 7) is 2.39. The average molecular weight is 402 g/mol. The van der Waals surface area contributed by atoms with E-state index >= 15 is 0 Å². The number of nitrogens with zero attached hydrogens (tertiary/aromatic N) is 2. The Morgan fingerprint density at radius 3 is 2.58 bits per heavy atom. The lowest BCUT2D eigenvalue weighted by atomic mass is 10.1. The highest BCUT2D eigenvalue weighted by atomic mass is 35.5. The number of nitro groups is 1. The molecule has 0 spiro atoms. The zero-order valence-electron chi connectivity index (χ0n) is 14.5. The van der Waals surface area contributed by atoms with E-state index in [4.69, 9.17) is 4.74 Å². The molecule has 1 N–H and O–H groups in total. The number of amides is 1. The molecule has 2 heterocycles. The lowest BCUT2D eigenvalue weighted by molar-refractivity contribution is -0.384. The maximum Gasteiger partial charge on any atom is 0.269 e. The van der Waals surface area contributed by atoms with Crippen LogP contribution in [0.1, 0.15) is 19.3 Å². The quantitative estimate of drug-likeness (QED) is 0.602. The summed E-state index contributed by atoms with van der Waals surface area (Å²) >= 11 is 1.90. The monoisotopic (exact) mass is 401 g/mol. The number of nitrogens with one attached hydrogen (secondary N) is 1. The van der Waals surface area contributed by atoms with Crippen molar-refractivity contribution in [1.29, 1.82) is 0 Å². The first-order valence-electron chi connectivity index (χ1n) is 8.62. The number of nitro benzene ring substituents is 1. The number of halogens is 1. The number of thioether (sulfide) groups is 1. The van der Waals surface area contributed by atoms with Crippen LogP contribution in [0.2, 0.25) is 0 Å². The van der Waals surface area contributed by atoms with Gasteiger partial charge >= 0.3 is 0 Å². The minimum absolute atomic E-state index is 0. The Morgan fingerprint density at radius 1 is 1.31 bits per heavy atom. The van der Waals surface area contributed by atoms with Gasteiger partial charge in [-0.25, -0.2) is 0 Å². The van der Waals surface area contributed by atoms with Crippen molar-refractivity contribution < 1.29 is 14.5 Å². The number of carbonyl (C=O) groups excluding carboxylic acids is 1. The van der Waals surface area contributed by atoms with Gasteiger partial charge in [-0.15, -0.1) is 12.4 Å². The molecule has 1 aromatic carbocycles. The summed E-state index contributed by atoms with van der Waals surface area (Å²) in [5, 5.41) is 14.1. The van der Waals surface area contributed by atoms with Crippen LogP contribution in [0.5, 0.6) is 5.75 Å². The molecule has 0 saturated carbocycles. The van der Waals surface area contributed by atoms with Crippen molar-refractivity contribution >= 4 is 35.8 Å². The number of benzene rings is 1. The van der Waals surface area contributed by atoms with Crippen molar-refractivity contribution in [3.8, 4) is 5.75 Å². The Bertz CT molecular complexity index is 603. The molecule has 1 aromatic rings. The molecule has 7 nitrogen and oxygen atoms in total. The maximum atomic E-state index is 12.4. The van der Waals surface area contributed by atoms with Crippen LogP contribution in [0.4, 0.5) is 5.69 Å². The van der Waals surface area contributed by atoms with Gasteiger partial charge in [0.2, 0.25) is 5.91 Å². The molecule has 1 amide bonds. The molecule has 2 aliphatic rings. The predicted octanol–water partition coefficient (Wildman–Crippen LogP) is 2.48. The third kappa shape index (κ3) is 5.75. The molecule has 1 atom stereocenters. The predicted molar refractivity (Wildman–Crippen MR) is 104 cm³/mol. The van der Waals surface area contributed by atoms with Crippen LogP contribution in [-0.4, -0.2) is 59.0 Å². The van der Waals surface area contributed by atoms with Gasteiger partial charge in [0.15, 0.2) is 0 Å². The van der Waals surface area contributed by atoms with Crippen molar-refractivity contribution in [2.75, 3.05) is 31.1 Å². The van der Waals surface area contributed by atoms with Gasteiger partial charge in [0.1, 0.15) is 11.9 Å². The van der Waals surface area contributed by atoms with E-state index in [2.05, 4.69) is 5.32 Å². The molecule has 2 saturated heterocycles. The third-order valence-electron chi connectivity index (χ3n) is 4.56. The van der Waals surface area contributed by atoms with Crippen LogP contribution >= 0.6 is 24.2 Å². The first kappa shape index (κ1) is 20.8. The Kier molecular flexibility index (Phi) is 7.99. The van der Waals surface area contributed by atoms with Gasteiger partial charge in [0.25, 0.3) is 5.69 Å². The Balaban J connectivity index is 0.00000243. The summed E-state index contributed by atoms with van der Waals surface area (Å²) in [4.78, 5) is 24.6. The number of hydrogen-bond donors (Lipinski definition) is 1. The zero-order valence-corrected chi connectivity index (χ0v) is 16.1. The summed E-state index contributed by atoms with van der Waals surface area (Å²) in [6, 6.07) is 6.44. The smallest absolute Gasteiger partial charge is 0.269 e. The van der Waals surface area contributed by atoms with E-state index in [1.165, 1.54) is 12.1 Å². The second kappa shape index (κ2) is 9.99. The number of piperidine rings is 1. The van der Waals surface area contributed by atoms with Crippen LogP contribution in [0, 0.1) is 10.1 Å². The van der Waals surface area contributed by atoms with E-state index in [9.17, 15) is 14.9 Å². The fraction of sp³-hybridized carbons (Fsp3) is 0.588. The molecule has 1 unspecified atom stereocenters. The molecule has 0 aliphatic carbocycles. The molecule has 2 aliphatic heterocycles. The molecule has 0 radical (unpaired) electrons. The lowest BCUT2D eigenvalue weighted by Crippen LogP contribution is -2.46. The zero-order chi connectivity index (χ0) is 17.6. The summed E-state index contributed by atoms with van der Waals surface area (Å²) < 4.78 is 5.89. The first-order chi connectivity index (χ1) is 12.1. The van der Waals surface area contributed by atoms with Gasteiger partial charge in [0, 0.05) is 68.6 Å². The van der Waals surface area contributed by atoms with E-state index in [0.717, 1.165) is 30.9 Å². The average Bonchev–Trinajstić information content (AvgIpc) is 2.63. The highest BCUT2D eigenvalue weighted by Gasteiger charge is 2.26. The number of rotatable bonds is 5. The van der Waals surface area contributed by atoms with Gasteiger partial charge in [-0.1, -0.05) is 0 Å². The third-order valence-corrected chi connectivity index (χ3v) is 5.70. The number of hydrogen-bond acceptors (Lipinski definition) is 6. The van der Waals surface area contributed by atoms with Gasteiger partial charge in [-0.2, -0.15) is 11.8 Å². The van der Waals surface area contributed by atoms with E-state index in [0.29, 0.717) is 31.3 Å². The number of carbonyl (C=O) groups is 1. The summed E-state index contributed by atoms with van der Waals surface area (Å²) in [6.07, 6.45) is 2.19. The van der Waals surface area contributed by atoms with Gasteiger partial charge in [-0.05, 0) is 12.1 Å². The molecular formula is C17H24ClN3O4S. The van der Waals surface area contributed by atoms with Crippen molar-refractivity contribution in [2.24, 2.45) is 0 Å². The minimum atomic E-state index is -0.423. The minimum Gasteiger partial charge on any atom is -0.490 e. The van der Waals surface area contributed by atoms with Crippen molar-refractivity contribution in [2.45, 2.75) is 31.4 Å². The number of non-ortho nitro benzene ring substituents is 1. The second-order valence-corrected chi connectivity index (χ2v) is 7.53. The molecule has 3 rings (SSSR count). The highest BCUT2D eigenvalue weighted by molar-refractivity contribution is 7.99. The second-order valence-electron chi connectivity index (χ2n) is 6.38. The topological polar surface area (TPSA) is 84.7 Å². The summed E-state index contributed by atoms with van der Waals surface area (Å²) in [5.74, 6) is 2.98. The number of ether oxygens (including phenoxy) is 1. The van der Waals surface area contributed by atoms with Crippen LogP contribution in [-0.2, 0) is 4.79 Å². The van der Waals surface area contributed by atoms with E-state index < -0.39 is 4.92 Å². The van der Waals surface area contributed by atoms with Gasteiger partial charge in [0.05, 0.1) is 4.92 Å². The summed E-state index contributed by atoms with van der Waals surface area (Å²) in [5.41, 5.74) is 0.0576. The Morgan fingerprint density at radius 2 is 2.00 bits per heavy atom. The molecule has 9 heteroatoms. The fourth-order valence-corrected chi connectivity index (χ4v) is 4.10. The molecule has 0 aromatic heterocycles. The van der Waals surface area contributed by atoms with Crippen molar-refractivity contribution in [3.05, 3.63) is 34.4 Å². The Hall–Kier alpha value is -1.51. The van der Waals surface area contributed by atoms with E-state index in [-0.39, 0.29) is 30.1 Å². The fourth-order valence-electron chi connectivity index (χ4n) is 3.15. The summed E-state index contributed by atoms with van der Waals surface area (Å²) in [7, 11) is 0. The van der Waals surface area contributed by atoms with Crippen LogP contribution in [0.15, 0.2) is 24.3 Å². The van der Waals surface area contributed by atoms with Crippen LogP contribution < -0.4 is 10.1 Å². The standard InChI is InChI=1S/C17H23N3O4S.ClH/c21-17(11-13-12-25-10-7-18-13)19-8-5-16(6-9-19)24-15-3-1-14(2-4-15)20(22)23;/h1-4,13,16,18H,5-12H2;1H. The molecule has 0 bridgehead atoms. The molecule has 26 heavy (non-hydrogen) atoms. The van der Waals surface area contributed by atoms with Crippen molar-refractivity contribution in [1.82, 2.24) is 10.2 Å². The first-order valence-corrected chi connectivity index (χ1v) is 9.77. The van der Waals surface area contributed by atoms with E-state index in [1.807, 2.05) is 16.7 Å². The van der Waals surface area contributed by atoms with Gasteiger partial charge < -0.3 is 15.0 Å². The largest absolute Gasteiger partial charge is 0.490 e. The van der Waals surface area contributed by atoms with Gasteiger partial charge in [-0.3, -0.25) is 14.9 Å². The lowest BCUT2D eigenvalue weighted by Gasteiger charge is -2.33. The van der Waals surface area contributed by atoms with Crippen LogP contribution in [0.25, 0.3) is 0 Å². The van der Waals surface area contributed by atoms with Crippen LogP contribution in [0.3, 0.4) is 0 Å².